The molecule has 176 valence electrons. The summed E-state index contributed by atoms with van der Waals surface area (Å²) in [7, 11) is 0. The van der Waals surface area contributed by atoms with Crippen LogP contribution in [0, 0.1) is 0 Å². The number of para-hydroxylation sites is 1. The molecule has 0 atom stereocenters. The van der Waals surface area contributed by atoms with Crippen LogP contribution in [0.2, 0.25) is 5.02 Å². The van der Waals surface area contributed by atoms with Gasteiger partial charge in [0.15, 0.2) is 0 Å². The standard InChI is InChI=1S/C30H26ClNO3/c1-17(2)21-7-5-8-22(18(3)4)28(21)32-29(33)24-10-6-9-23-26(16-15-25(27(23)24)30(32)34)35-20-13-11-19(31)12-14-20/h5-18H,1-4H3. The van der Waals surface area contributed by atoms with Crippen LogP contribution in [0.25, 0.3) is 10.8 Å². The van der Waals surface area contributed by atoms with Crippen LogP contribution in [0.15, 0.2) is 72.8 Å². The van der Waals surface area contributed by atoms with E-state index in [2.05, 4.69) is 27.7 Å². The van der Waals surface area contributed by atoms with Crippen molar-refractivity contribution in [2.45, 2.75) is 39.5 Å². The van der Waals surface area contributed by atoms with Gasteiger partial charge >= 0.3 is 0 Å². The van der Waals surface area contributed by atoms with Crippen molar-refractivity contribution >= 4 is 39.9 Å². The maximum atomic E-state index is 13.9. The van der Waals surface area contributed by atoms with E-state index in [1.54, 1.807) is 42.5 Å². The molecule has 0 fully saturated rings. The van der Waals surface area contributed by atoms with Crippen LogP contribution in [0.3, 0.4) is 0 Å². The van der Waals surface area contributed by atoms with Crippen LogP contribution in [-0.2, 0) is 0 Å². The van der Waals surface area contributed by atoms with E-state index >= 15 is 0 Å². The Hall–Kier alpha value is -3.63. The van der Waals surface area contributed by atoms with Gasteiger partial charge < -0.3 is 4.74 Å². The molecule has 0 N–H and O–H groups in total. The van der Waals surface area contributed by atoms with Crippen molar-refractivity contribution in [3.63, 3.8) is 0 Å². The number of ether oxygens (including phenoxy) is 1. The number of halogens is 1. The maximum Gasteiger partial charge on any atom is 0.266 e. The third kappa shape index (κ3) is 3.88. The van der Waals surface area contributed by atoms with Crippen molar-refractivity contribution in [2.75, 3.05) is 4.90 Å². The second-order valence-corrected chi connectivity index (χ2v) is 9.87. The van der Waals surface area contributed by atoms with Gasteiger partial charge in [-0.3, -0.25) is 9.59 Å². The van der Waals surface area contributed by atoms with E-state index in [1.165, 1.54) is 4.90 Å². The molecule has 35 heavy (non-hydrogen) atoms. The van der Waals surface area contributed by atoms with Crippen molar-refractivity contribution in [2.24, 2.45) is 0 Å². The Morgan fingerprint density at radius 3 is 1.89 bits per heavy atom. The molecule has 4 aromatic rings. The molecular formula is C30H26ClNO3. The zero-order chi connectivity index (χ0) is 24.9. The number of amides is 2. The van der Waals surface area contributed by atoms with Gasteiger partial charge in [0.2, 0.25) is 0 Å². The predicted molar refractivity (Wildman–Crippen MR) is 141 cm³/mol. The Kier molecular flexibility index (Phi) is 5.86. The fourth-order valence-electron chi connectivity index (χ4n) is 4.76. The molecule has 0 aromatic heterocycles. The minimum atomic E-state index is -0.313. The van der Waals surface area contributed by atoms with E-state index in [9.17, 15) is 9.59 Å². The Labute approximate surface area is 210 Å². The van der Waals surface area contributed by atoms with Gasteiger partial charge in [0, 0.05) is 26.9 Å². The smallest absolute Gasteiger partial charge is 0.266 e. The average Bonchev–Trinajstić information content (AvgIpc) is 2.84. The lowest BCUT2D eigenvalue weighted by molar-refractivity contribution is 0.0893. The van der Waals surface area contributed by atoms with Crippen molar-refractivity contribution < 1.29 is 14.3 Å². The minimum absolute atomic E-state index is 0.150. The van der Waals surface area contributed by atoms with E-state index in [4.69, 9.17) is 16.3 Å². The summed E-state index contributed by atoms with van der Waals surface area (Å²) in [6.45, 7) is 8.32. The van der Waals surface area contributed by atoms with E-state index in [0.717, 1.165) is 16.5 Å². The van der Waals surface area contributed by atoms with Crippen LogP contribution in [-0.4, -0.2) is 11.8 Å². The van der Waals surface area contributed by atoms with Crippen LogP contribution in [0.1, 0.15) is 71.4 Å². The fraction of sp³-hybridized carbons (Fsp3) is 0.200. The first-order valence-electron chi connectivity index (χ1n) is 11.8. The molecule has 5 rings (SSSR count). The topological polar surface area (TPSA) is 46.6 Å². The Bertz CT molecular complexity index is 1420. The normalized spacial score (nSPS) is 13.3. The molecular weight excluding hydrogens is 458 g/mol. The third-order valence-electron chi connectivity index (χ3n) is 6.48. The van der Waals surface area contributed by atoms with Gasteiger partial charge in [0.25, 0.3) is 11.8 Å². The molecule has 0 aliphatic carbocycles. The number of benzene rings is 4. The molecule has 0 radical (unpaired) electrons. The fourth-order valence-corrected chi connectivity index (χ4v) is 4.89. The second kappa shape index (κ2) is 8.86. The van der Waals surface area contributed by atoms with Crippen LogP contribution in [0.5, 0.6) is 11.5 Å². The molecule has 0 saturated heterocycles. The van der Waals surface area contributed by atoms with Crippen molar-refractivity contribution in [1.29, 1.82) is 0 Å². The van der Waals surface area contributed by atoms with Crippen molar-refractivity contribution in [1.82, 2.24) is 0 Å². The molecule has 1 heterocycles. The van der Waals surface area contributed by atoms with Gasteiger partial charge in [-0.2, -0.15) is 0 Å². The van der Waals surface area contributed by atoms with Gasteiger partial charge in [0.05, 0.1) is 5.69 Å². The number of nitrogens with zero attached hydrogens (tertiary/aromatic N) is 1. The summed E-state index contributed by atoms with van der Waals surface area (Å²) in [4.78, 5) is 29.2. The first kappa shape index (κ1) is 23.1. The van der Waals surface area contributed by atoms with E-state index in [1.807, 2.05) is 30.3 Å². The monoisotopic (exact) mass is 483 g/mol. The number of hydrogen-bond donors (Lipinski definition) is 0. The van der Waals surface area contributed by atoms with Crippen LogP contribution >= 0.6 is 11.6 Å². The summed E-state index contributed by atoms with van der Waals surface area (Å²) in [6.07, 6.45) is 0. The second-order valence-electron chi connectivity index (χ2n) is 9.44. The zero-order valence-corrected chi connectivity index (χ0v) is 20.9. The number of anilines is 1. The lowest BCUT2D eigenvalue weighted by atomic mass is 9.88. The quantitative estimate of drug-likeness (QED) is 0.268. The summed E-state index contributed by atoms with van der Waals surface area (Å²) in [6, 6.07) is 22.1. The highest BCUT2D eigenvalue weighted by Crippen LogP contribution is 2.42. The van der Waals surface area contributed by atoms with Gasteiger partial charge in [-0.1, -0.05) is 69.6 Å². The molecule has 0 saturated carbocycles. The minimum Gasteiger partial charge on any atom is -0.457 e. The van der Waals surface area contributed by atoms with Crippen molar-refractivity contribution in [3.05, 3.63) is 100 Å². The highest BCUT2D eigenvalue weighted by atomic mass is 35.5. The van der Waals surface area contributed by atoms with Gasteiger partial charge in [-0.25, -0.2) is 4.90 Å². The lowest BCUT2D eigenvalue weighted by Crippen LogP contribution is -2.41. The van der Waals surface area contributed by atoms with E-state index in [-0.39, 0.29) is 23.7 Å². The molecule has 4 nitrogen and oxygen atoms in total. The largest absolute Gasteiger partial charge is 0.457 e. The Morgan fingerprint density at radius 2 is 1.29 bits per heavy atom. The van der Waals surface area contributed by atoms with Crippen LogP contribution in [0.4, 0.5) is 5.69 Å². The van der Waals surface area contributed by atoms with Gasteiger partial charge in [-0.15, -0.1) is 0 Å². The molecule has 5 heteroatoms. The molecule has 1 aliphatic heterocycles. The van der Waals surface area contributed by atoms with Crippen molar-refractivity contribution in [3.8, 4) is 11.5 Å². The molecule has 4 aromatic carbocycles. The van der Waals surface area contributed by atoms with E-state index < -0.39 is 0 Å². The highest BCUT2D eigenvalue weighted by molar-refractivity contribution is 6.36. The summed E-state index contributed by atoms with van der Waals surface area (Å²) in [5.41, 5.74) is 3.66. The molecule has 2 amide bonds. The van der Waals surface area contributed by atoms with Gasteiger partial charge in [0.1, 0.15) is 11.5 Å². The van der Waals surface area contributed by atoms with Crippen LogP contribution < -0.4 is 9.64 Å². The Balaban J connectivity index is 1.68. The number of imide groups is 1. The average molecular weight is 484 g/mol. The van der Waals surface area contributed by atoms with Gasteiger partial charge in [-0.05, 0) is 65.4 Å². The highest BCUT2D eigenvalue weighted by Gasteiger charge is 2.37. The Morgan fingerprint density at radius 1 is 0.714 bits per heavy atom. The number of rotatable bonds is 5. The maximum absolute atomic E-state index is 13.9. The summed E-state index contributed by atoms with van der Waals surface area (Å²) in [5, 5.41) is 1.96. The zero-order valence-electron chi connectivity index (χ0n) is 20.1. The number of hydrogen-bond acceptors (Lipinski definition) is 3. The number of carbonyl (C=O) groups is 2. The molecule has 1 aliphatic rings. The summed E-state index contributed by atoms with van der Waals surface area (Å²) >= 11 is 6.00. The SMILES string of the molecule is CC(C)c1cccc(C(C)C)c1N1C(=O)c2cccc3c(Oc4ccc(Cl)cc4)ccc(c23)C1=O. The summed E-state index contributed by atoms with van der Waals surface area (Å²) in [5.74, 6) is 0.872. The molecule has 0 unspecified atom stereocenters. The van der Waals surface area contributed by atoms with E-state index in [0.29, 0.717) is 38.7 Å². The number of carbonyl (C=O) groups excluding carboxylic acids is 2. The first-order valence-corrected chi connectivity index (χ1v) is 12.2. The third-order valence-corrected chi connectivity index (χ3v) is 6.73. The molecule has 0 spiro atoms. The lowest BCUT2D eigenvalue weighted by Gasteiger charge is -2.32. The first-order chi connectivity index (χ1) is 16.8. The predicted octanol–water partition coefficient (Wildman–Crippen LogP) is 8.33. The summed E-state index contributed by atoms with van der Waals surface area (Å²) < 4.78 is 6.11. The molecule has 0 bridgehead atoms.